The van der Waals surface area contributed by atoms with Crippen molar-refractivity contribution < 1.29 is 17.9 Å². The van der Waals surface area contributed by atoms with Gasteiger partial charge in [0.1, 0.15) is 5.60 Å². The molecule has 0 aromatic rings. The maximum atomic E-state index is 12.3. The summed E-state index contributed by atoms with van der Waals surface area (Å²) in [6.45, 7) is 6.61. The van der Waals surface area contributed by atoms with Gasteiger partial charge in [0, 0.05) is 32.2 Å². The van der Waals surface area contributed by atoms with Gasteiger partial charge in [-0.1, -0.05) is 0 Å². The molecule has 0 bridgehead atoms. The van der Waals surface area contributed by atoms with Crippen LogP contribution in [-0.2, 0) is 14.6 Å². The maximum absolute atomic E-state index is 12.3. The van der Waals surface area contributed by atoms with Gasteiger partial charge in [0.25, 0.3) is 0 Å². The fraction of sp³-hybridized carbons (Fsp3) is 0.875. The molecule has 1 atom stereocenters. The first kappa shape index (κ1) is 19.8. The van der Waals surface area contributed by atoms with Gasteiger partial charge in [-0.05, 0) is 40.0 Å². The normalized spacial score (nSPS) is 23.2. The first-order chi connectivity index (χ1) is 11.6. The Morgan fingerprint density at radius 1 is 1.28 bits per heavy atom. The van der Waals surface area contributed by atoms with Gasteiger partial charge >= 0.3 is 6.09 Å². The Labute approximate surface area is 150 Å². The summed E-state index contributed by atoms with van der Waals surface area (Å²) in [5.41, 5.74) is -0.511. The van der Waals surface area contributed by atoms with Crippen LogP contribution >= 0.6 is 0 Å². The van der Waals surface area contributed by atoms with E-state index in [0.29, 0.717) is 25.5 Å². The van der Waals surface area contributed by atoms with E-state index < -0.39 is 15.4 Å². The SMILES string of the molecule is CN=C(NCCN(C(=O)OC(C)(C)C)C1CC1)NC1CCS(=O)(=O)C1. The summed E-state index contributed by atoms with van der Waals surface area (Å²) in [6, 6.07) is 0.146. The summed E-state index contributed by atoms with van der Waals surface area (Å²) in [7, 11) is -1.29. The van der Waals surface area contributed by atoms with E-state index in [-0.39, 0.29) is 29.7 Å². The van der Waals surface area contributed by atoms with E-state index in [9.17, 15) is 13.2 Å². The summed E-state index contributed by atoms with van der Waals surface area (Å²) >= 11 is 0. The monoisotopic (exact) mass is 374 g/mol. The van der Waals surface area contributed by atoms with Crippen molar-refractivity contribution in [2.24, 2.45) is 4.99 Å². The molecule has 1 saturated carbocycles. The maximum Gasteiger partial charge on any atom is 0.410 e. The molecular formula is C16H30N4O4S. The molecule has 144 valence electrons. The van der Waals surface area contributed by atoms with Crippen LogP contribution in [0.15, 0.2) is 4.99 Å². The average Bonchev–Trinajstić information content (AvgIpc) is 3.24. The molecule has 2 aliphatic rings. The van der Waals surface area contributed by atoms with Crippen molar-refractivity contribution in [3.63, 3.8) is 0 Å². The number of hydrogen-bond donors (Lipinski definition) is 2. The highest BCUT2D eigenvalue weighted by Crippen LogP contribution is 2.28. The van der Waals surface area contributed by atoms with Crippen LogP contribution in [0.2, 0.25) is 0 Å². The number of guanidine groups is 1. The quantitative estimate of drug-likeness (QED) is 0.544. The Morgan fingerprint density at radius 2 is 1.96 bits per heavy atom. The zero-order chi connectivity index (χ0) is 18.7. The van der Waals surface area contributed by atoms with E-state index in [2.05, 4.69) is 15.6 Å². The van der Waals surface area contributed by atoms with E-state index in [1.165, 1.54) is 0 Å². The van der Waals surface area contributed by atoms with Gasteiger partial charge in [-0.25, -0.2) is 13.2 Å². The smallest absolute Gasteiger partial charge is 0.410 e. The fourth-order valence-electron chi connectivity index (χ4n) is 2.72. The van der Waals surface area contributed by atoms with E-state index >= 15 is 0 Å². The number of nitrogens with one attached hydrogen (secondary N) is 2. The first-order valence-electron chi connectivity index (χ1n) is 8.77. The van der Waals surface area contributed by atoms with Crippen LogP contribution in [0.25, 0.3) is 0 Å². The number of sulfone groups is 1. The standard InChI is InChI=1S/C16H30N4O4S/c1-16(2,3)24-15(21)20(13-5-6-13)9-8-18-14(17-4)19-12-7-10-25(22,23)11-12/h12-13H,5-11H2,1-4H3,(H2,17,18,19). The highest BCUT2D eigenvalue weighted by molar-refractivity contribution is 7.91. The molecule has 2 rings (SSSR count). The molecule has 1 aliphatic carbocycles. The molecule has 1 aliphatic heterocycles. The minimum absolute atomic E-state index is 0.110. The van der Waals surface area contributed by atoms with Crippen molar-refractivity contribution in [3.05, 3.63) is 0 Å². The second-order valence-electron chi connectivity index (χ2n) is 7.65. The lowest BCUT2D eigenvalue weighted by Gasteiger charge is -2.27. The Morgan fingerprint density at radius 3 is 2.44 bits per heavy atom. The highest BCUT2D eigenvalue weighted by atomic mass is 32.2. The lowest BCUT2D eigenvalue weighted by atomic mass is 10.2. The van der Waals surface area contributed by atoms with Gasteiger partial charge in [0.2, 0.25) is 0 Å². The number of amides is 1. The molecule has 0 aromatic heterocycles. The van der Waals surface area contributed by atoms with E-state index in [1.54, 1.807) is 11.9 Å². The molecule has 2 N–H and O–H groups in total. The molecule has 8 nitrogen and oxygen atoms in total. The van der Waals surface area contributed by atoms with E-state index in [4.69, 9.17) is 4.74 Å². The molecule has 2 fully saturated rings. The molecule has 1 amide bonds. The number of carbonyl (C=O) groups is 1. The summed E-state index contributed by atoms with van der Waals surface area (Å²) < 4.78 is 28.5. The number of hydrogen-bond acceptors (Lipinski definition) is 5. The molecule has 0 aromatic carbocycles. The van der Waals surface area contributed by atoms with Gasteiger partial charge in [-0.3, -0.25) is 4.99 Å². The summed E-state index contributed by atoms with van der Waals surface area (Å²) in [4.78, 5) is 18.2. The van der Waals surface area contributed by atoms with Crippen LogP contribution in [0.4, 0.5) is 4.79 Å². The predicted octanol–water partition coefficient (Wildman–Crippen LogP) is 0.738. The van der Waals surface area contributed by atoms with Gasteiger partial charge in [-0.2, -0.15) is 0 Å². The van der Waals surface area contributed by atoms with Crippen molar-refractivity contribution in [1.29, 1.82) is 0 Å². The Bertz CT molecular complexity index is 608. The molecular weight excluding hydrogens is 344 g/mol. The molecule has 25 heavy (non-hydrogen) atoms. The topological polar surface area (TPSA) is 100 Å². The summed E-state index contributed by atoms with van der Waals surface area (Å²) in [6.07, 6.45) is 2.31. The van der Waals surface area contributed by atoms with Gasteiger partial charge in [-0.15, -0.1) is 0 Å². The Kier molecular flexibility index (Phi) is 6.18. The van der Waals surface area contributed by atoms with Gasteiger partial charge in [0.15, 0.2) is 15.8 Å². The van der Waals surface area contributed by atoms with Crippen LogP contribution < -0.4 is 10.6 Å². The molecule has 9 heteroatoms. The average molecular weight is 375 g/mol. The third-order valence-corrected chi connectivity index (χ3v) is 5.83. The highest BCUT2D eigenvalue weighted by Gasteiger charge is 2.35. The van der Waals surface area contributed by atoms with E-state index in [0.717, 1.165) is 12.8 Å². The largest absolute Gasteiger partial charge is 0.444 e. The van der Waals surface area contributed by atoms with Crippen LogP contribution in [-0.4, -0.2) is 74.7 Å². The van der Waals surface area contributed by atoms with Gasteiger partial charge < -0.3 is 20.3 Å². The Hall–Kier alpha value is -1.51. The van der Waals surface area contributed by atoms with Crippen LogP contribution in [0.5, 0.6) is 0 Å². The number of nitrogens with zero attached hydrogens (tertiary/aromatic N) is 2. The number of carbonyl (C=O) groups excluding carboxylic acids is 1. The zero-order valence-corrected chi connectivity index (χ0v) is 16.4. The predicted molar refractivity (Wildman–Crippen MR) is 97.5 cm³/mol. The molecule has 1 saturated heterocycles. The van der Waals surface area contributed by atoms with Crippen molar-refractivity contribution >= 4 is 21.9 Å². The zero-order valence-electron chi connectivity index (χ0n) is 15.5. The third kappa shape index (κ3) is 6.72. The van der Waals surface area contributed by atoms with Crippen LogP contribution in [0, 0.1) is 0 Å². The van der Waals surface area contributed by atoms with Crippen molar-refractivity contribution in [3.8, 4) is 0 Å². The van der Waals surface area contributed by atoms with Crippen LogP contribution in [0.3, 0.4) is 0 Å². The van der Waals surface area contributed by atoms with Crippen molar-refractivity contribution in [2.75, 3.05) is 31.6 Å². The minimum Gasteiger partial charge on any atom is -0.444 e. The van der Waals surface area contributed by atoms with E-state index in [1.807, 2.05) is 20.8 Å². The number of aliphatic imine (C=N–C) groups is 1. The second kappa shape index (κ2) is 7.80. The van der Waals surface area contributed by atoms with Gasteiger partial charge in [0.05, 0.1) is 11.5 Å². The molecule has 0 radical (unpaired) electrons. The molecule has 0 spiro atoms. The fourth-order valence-corrected chi connectivity index (χ4v) is 4.39. The summed E-state index contributed by atoms with van der Waals surface area (Å²) in [5, 5.41) is 6.28. The van der Waals surface area contributed by atoms with Crippen LogP contribution in [0.1, 0.15) is 40.0 Å². The lowest BCUT2D eigenvalue weighted by molar-refractivity contribution is 0.0237. The third-order valence-electron chi connectivity index (χ3n) is 4.06. The lowest BCUT2D eigenvalue weighted by Crippen LogP contribution is -2.47. The number of ether oxygens (including phenoxy) is 1. The van der Waals surface area contributed by atoms with Crippen molar-refractivity contribution in [1.82, 2.24) is 15.5 Å². The minimum atomic E-state index is -2.93. The first-order valence-corrected chi connectivity index (χ1v) is 10.6. The number of rotatable bonds is 5. The summed E-state index contributed by atoms with van der Waals surface area (Å²) in [5.74, 6) is 0.914. The van der Waals surface area contributed by atoms with Crippen molar-refractivity contribution in [2.45, 2.75) is 57.7 Å². The molecule has 1 heterocycles. The second-order valence-corrected chi connectivity index (χ2v) is 9.88. The molecule has 1 unspecified atom stereocenters. The Balaban J connectivity index is 1.79.